The summed E-state index contributed by atoms with van der Waals surface area (Å²) in [6, 6.07) is 6.01. The van der Waals surface area contributed by atoms with Crippen LogP contribution in [0.15, 0.2) is 29.2 Å². The summed E-state index contributed by atoms with van der Waals surface area (Å²) in [7, 11) is -2.27. The molecule has 0 spiro atoms. The van der Waals surface area contributed by atoms with Gasteiger partial charge in [-0.05, 0) is 43.5 Å². The Labute approximate surface area is 126 Å². The summed E-state index contributed by atoms with van der Waals surface area (Å²) in [5.74, 6) is -0.0695. The molecule has 0 saturated heterocycles. The fourth-order valence-corrected chi connectivity index (χ4v) is 3.75. The number of hydrogen-bond acceptors (Lipinski definition) is 5. The van der Waals surface area contributed by atoms with E-state index in [9.17, 15) is 13.2 Å². The highest BCUT2D eigenvalue weighted by Gasteiger charge is 2.35. The number of sulfone groups is 1. The second-order valence-corrected chi connectivity index (χ2v) is 7.22. The van der Waals surface area contributed by atoms with Crippen molar-refractivity contribution in [2.75, 3.05) is 13.7 Å². The fraction of sp³-hybridized carbons (Fsp3) is 0.533. The zero-order valence-electron chi connectivity index (χ0n) is 12.8. The van der Waals surface area contributed by atoms with Gasteiger partial charge in [0.25, 0.3) is 0 Å². The van der Waals surface area contributed by atoms with Gasteiger partial charge in [0, 0.05) is 0 Å². The molecule has 1 aromatic carbocycles. The molecule has 118 valence electrons. The largest absolute Gasteiger partial charge is 0.497 e. The molecule has 0 aliphatic carbocycles. The van der Waals surface area contributed by atoms with Crippen molar-refractivity contribution >= 4 is 15.8 Å². The minimum atomic E-state index is -3.77. The molecule has 1 atom stereocenters. The van der Waals surface area contributed by atoms with Crippen LogP contribution in [0.5, 0.6) is 5.75 Å². The summed E-state index contributed by atoms with van der Waals surface area (Å²) in [5.41, 5.74) is 0. The maximum Gasteiger partial charge on any atom is 0.324 e. The monoisotopic (exact) mass is 314 g/mol. The van der Waals surface area contributed by atoms with Crippen molar-refractivity contribution < 1.29 is 22.7 Å². The summed E-state index contributed by atoms with van der Waals surface area (Å²) in [6.45, 7) is 5.56. The molecule has 0 fully saturated rings. The van der Waals surface area contributed by atoms with Gasteiger partial charge in [-0.1, -0.05) is 13.8 Å². The zero-order valence-corrected chi connectivity index (χ0v) is 13.6. The Kier molecular flexibility index (Phi) is 6.20. The van der Waals surface area contributed by atoms with E-state index >= 15 is 0 Å². The minimum absolute atomic E-state index is 0.0624. The summed E-state index contributed by atoms with van der Waals surface area (Å²) < 4.78 is 35.2. The number of methoxy groups -OCH3 is 1. The molecule has 5 nitrogen and oxygen atoms in total. The Balaban J connectivity index is 3.15. The highest BCUT2D eigenvalue weighted by molar-refractivity contribution is 7.92. The predicted octanol–water partition coefficient (Wildman–Crippen LogP) is 2.45. The van der Waals surface area contributed by atoms with Crippen LogP contribution in [-0.2, 0) is 19.4 Å². The van der Waals surface area contributed by atoms with E-state index in [1.165, 1.54) is 19.2 Å². The number of rotatable bonds is 7. The molecule has 0 aromatic heterocycles. The number of carbonyl (C=O) groups excluding carboxylic acids is 1. The first-order chi connectivity index (χ1) is 9.82. The van der Waals surface area contributed by atoms with Gasteiger partial charge >= 0.3 is 5.97 Å². The van der Waals surface area contributed by atoms with E-state index in [1.54, 1.807) is 19.1 Å². The molecule has 0 saturated carbocycles. The van der Waals surface area contributed by atoms with Gasteiger partial charge in [-0.25, -0.2) is 8.42 Å². The topological polar surface area (TPSA) is 69.7 Å². The SMILES string of the molecule is CCOC(=O)C(CC(C)C)S(=O)(=O)c1ccc(OC)cc1. The molecule has 1 rings (SSSR count). The Morgan fingerprint density at radius 1 is 1.19 bits per heavy atom. The van der Waals surface area contributed by atoms with E-state index < -0.39 is 21.1 Å². The van der Waals surface area contributed by atoms with E-state index in [-0.39, 0.29) is 23.8 Å². The lowest BCUT2D eigenvalue weighted by Gasteiger charge is -2.18. The zero-order chi connectivity index (χ0) is 16.0. The van der Waals surface area contributed by atoms with E-state index in [0.29, 0.717) is 5.75 Å². The van der Waals surface area contributed by atoms with E-state index in [4.69, 9.17) is 9.47 Å². The van der Waals surface area contributed by atoms with E-state index in [0.717, 1.165) is 0 Å². The molecule has 0 bridgehead atoms. The normalized spacial score (nSPS) is 13.0. The van der Waals surface area contributed by atoms with Crippen molar-refractivity contribution in [3.05, 3.63) is 24.3 Å². The van der Waals surface area contributed by atoms with Gasteiger partial charge in [-0.15, -0.1) is 0 Å². The molecule has 1 aromatic rings. The average molecular weight is 314 g/mol. The molecular weight excluding hydrogens is 292 g/mol. The number of benzene rings is 1. The highest BCUT2D eigenvalue weighted by Crippen LogP contribution is 2.24. The van der Waals surface area contributed by atoms with Crippen LogP contribution in [0.2, 0.25) is 0 Å². The first kappa shape index (κ1) is 17.5. The fourth-order valence-electron chi connectivity index (χ4n) is 1.94. The van der Waals surface area contributed by atoms with Crippen LogP contribution in [-0.4, -0.2) is 33.4 Å². The third kappa shape index (κ3) is 4.46. The Bertz CT molecular complexity index is 560. The number of ether oxygens (including phenoxy) is 2. The quantitative estimate of drug-likeness (QED) is 0.723. The second kappa shape index (κ2) is 7.45. The van der Waals surface area contributed by atoms with Crippen LogP contribution in [0.1, 0.15) is 27.2 Å². The predicted molar refractivity (Wildman–Crippen MR) is 80.1 cm³/mol. The van der Waals surface area contributed by atoms with Crippen LogP contribution in [0, 0.1) is 5.92 Å². The van der Waals surface area contributed by atoms with Gasteiger partial charge in [0.05, 0.1) is 18.6 Å². The lowest BCUT2D eigenvalue weighted by molar-refractivity contribution is -0.142. The molecule has 0 aliphatic heterocycles. The van der Waals surface area contributed by atoms with E-state index in [2.05, 4.69) is 0 Å². The summed E-state index contributed by atoms with van der Waals surface area (Å²) >= 11 is 0. The highest BCUT2D eigenvalue weighted by atomic mass is 32.2. The molecule has 0 aliphatic rings. The number of carbonyl (C=O) groups is 1. The van der Waals surface area contributed by atoms with Gasteiger partial charge in [-0.2, -0.15) is 0 Å². The Morgan fingerprint density at radius 2 is 1.76 bits per heavy atom. The van der Waals surface area contributed by atoms with Gasteiger partial charge in [0.15, 0.2) is 15.1 Å². The third-order valence-electron chi connectivity index (χ3n) is 3.00. The Hall–Kier alpha value is -1.56. The summed E-state index contributed by atoms with van der Waals surface area (Å²) in [4.78, 5) is 12.1. The maximum atomic E-state index is 12.6. The van der Waals surface area contributed by atoms with Crippen molar-refractivity contribution in [2.45, 2.75) is 37.3 Å². The summed E-state index contributed by atoms with van der Waals surface area (Å²) in [5, 5.41) is -1.18. The van der Waals surface area contributed by atoms with Crippen LogP contribution >= 0.6 is 0 Å². The average Bonchev–Trinajstić information content (AvgIpc) is 2.44. The standard InChI is InChI=1S/C15H22O5S/c1-5-20-15(16)14(10-11(2)3)21(17,18)13-8-6-12(19-4)7-9-13/h6-9,11,14H,5,10H2,1-4H3. The number of esters is 1. The van der Waals surface area contributed by atoms with Crippen molar-refractivity contribution in [1.29, 1.82) is 0 Å². The maximum absolute atomic E-state index is 12.6. The molecular formula is C15H22O5S. The molecule has 6 heteroatoms. The number of hydrogen-bond donors (Lipinski definition) is 0. The van der Waals surface area contributed by atoms with Gasteiger partial charge in [0.1, 0.15) is 5.75 Å². The lowest BCUT2D eigenvalue weighted by atomic mass is 10.1. The van der Waals surface area contributed by atoms with Gasteiger partial charge in [-0.3, -0.25) is 4.79 Å². The first-order valence-corrected chi connectivity index (χ1v) is 8.42. The van der Waals surface area contributed by atoms with Crippen LogP contribution < -0.4 is 4.74 Å². The second-order valence-electron chi connectivity index (χ2n) is 5.09. The first-order valence-electron chi connectivity index (χ1n) is 6.87. The van der Waals surface area contributed by atoms with Crippen LogP contribution in [0.3, 0.4) is 0 Å². The molecule has 0 amide bonds. The van der Waals surface area contributed by atoms with Gasteiger partial charge < -0.3 is 9.47 Å². The van der Waals surface area contributed by atoms with Crippen molar-refractivity contribution in [2.24, 2.45) is 5.92 Å². The van der Waals surface area contributed by atoms with Crippen molar-refractivity contribution in [3.8, 4) is 5.75 Å². The van der Waals surface area contributed by atoms with Crippen LogP contribution in [0.25, 0.3) is 0 Å². The Morgan fingerprint density at radius 3 is 2.19 bits per heavy atom. The molecule has 0 N–H and O–H groups in total. The summed E-state index contributed by atoms with van der Waals surface area (Å²) in [6.07, 6.45) is 0.229. The lowest BCUT2D eigenvalue weighted by Crippen LogP contribution is -2.33. The van der Waals surface area contributed by atoms with Crippen molar-refractivity contribution in [3.63, 3.8) is 0 Å². The molecule has 0 heterocycles. The van der Waals surface area contributed by atoms with E-state index in [1.807, 2.05) is 13.8 Å². The molecule has 21 heavy (non-hydrogen) atoms. The van der Waals surface area contributed by atoms with Crippen molar-refractivity contribution in [1.82, 2.24) is 0 Å². The smallest absolute Gasteiger partial charge is 0.324 e. The molecule has 0 radical (unpaired) electrons. The third-order valence-corrected chi connectivity index (χ3v) is 5.06. The van der Waals surface area contributed by atoms with Crippen LogP contribution in [0.4, 0.5) is 0 Å². The van der Waals surface area contributed by atoms with Gasteiger partial charge in [0.2, 0.25) is 0 Å². The minimum Gasteiger partial charge on any atom is -0.497 e. The molecule has 1 unspecified atom stereocenters.